The zero-order valence-corrected chi connectivity index (χ0v) is 13.3. The lowest BCUT2D eigenvalue weighted by Gasteiger charge is -2.44. The van der Waals surface area contributed by atoms with Crippen LogP contribution in [0.25, 0.3) is 0 Å². The van der Waals surface area contributed by atoms with E-state index in [1.165, 1.54) is 58.0 Å². The number of rotatable bonds is 4. The van der Waals surface area contributed by atoms with Crippen LogP contribution in [-0.2, 0) is 0 Å². The Morgan fingerprint density at radius 2 is 1.58 bits per heavy atom. The zero-order chi connectivity index (χ0) is 13.9. The minimum Gasteiger partial charge on any atom is -0.330 e. The molecule has 2 fully saturated rings. The van der Waals surface area contributed by atoms with Crippen molar-refractivity contribution < 1.29 is 0 Å². The third-order valence-electron chi connectivity index (χ3n) is 6.21. The molecule has 1 saturated carbocycles. The molecule has 1 saturated heterocycles. The van der Waals surface area contributed by atoms with Gasteiger partial charge in [-0.25, -0.2) is 0 Å². The molecule has 112 valence electrons. The van der Waals surface area contributed by atoms with Gasteiger partial charge in [-0.2, -0.15) is 0 Å². The molecule has 0 bridgehead atoms. The topological polar surface area (TPSA) is 29.3 Å². The van der Waals surface area contributed by atoms with Gasteiger partial charge in [0.15, 0.2) is 0 Å². The summed E-state index contributed by atoms with van der Waals surface area (Å²) in [7, 11) is 0. The zero-order valence-electron chi connectivity index (χ0n) is 13.3. The molecule has 0 radical (unpaired) electrons. The van der Waals surface area contributed by atoms with Crippen LogP contribution in [0.2, 0.25) is 0 Å². The second-order valence-corrected chi connectivity index (χ2v) is 7.56. The van der Waals surface area contributed by atoms with Crippen LogP contribution in [0.5, 0.6) is 0 Å². The first-order valence-corrected chi connectivity index (χ1v) is 8.51. The summed E-state index contributed by atoms with van der Waals surface area (Å²) in [6.45, 7) is 10.8. The van der Waals surface area contributed by atoms with Gasteiger partial charge < -0.3 is 10.6 Å². The molecule has 1 aliphatic heterocycles. The van der Waals surface area contributed by atoms with Gasteiger partial charge in [0, 0.05) is 6.04 Å². The number of likely N-dealkylation sites (tertiary alicyclic amines) is 1. The SMILES string of the molecule is CCC(C)(C)C1CCC(N2CCC(CN)CC2)CC1. The molecule has 2 N–H and O–H groups in total. The molecule has 1 heterocycles. The molecule has 0 spiro atoms. The first-order valence-electron chi connectivity index (χ1n) is 8.51. The lowest BCUT2D eigenvalue weighted by Crippen LogP contribution is -2.45. The lowest BCUT2D eigenvalue weighted by atomic mass is 9.68. The van der Waals surface area contributed by atoms with Crippen molar-refractivity contribution in [3.05, 3.63) is 0 Å². The van der Waals surface area contributed by atoms with E-state index in [0.717, 1.165) is 24.4 Å². The lowest BCUT2D eigenvalue weighted by molar-refractivity contribution is 0.0647. The summed E-state index contributed by atoms with van der Waals surface area (Å²) in [6.07, 6.45) is 9.74. The number of hydrogen-bond donors (Lipinski definition) is 1. The van der Waals surface area contributed by atoms with Crippen molar-refractivity contribution in [3.63, 3.8) is 0 Å². The van der Waals surface area contributed by atoms with Crippen LogP contribution in [0.3, 0.4) is 0 Å². The third kappa shape index (κ3) is 3.72. The molecular weight excluding hydrogens is 232 g/mol. The average Bonchev–Trinajstić information content (AvgIpc) is 2.47. The predicted octanol–water partition coefficient (Wildman–Crippen LogP) is 3.65. The quantitative estimate of drug-likeness (QED) is 0.841. The molecule has 19 heavy (non-hydrogen) atoms. The molecular formula is C17H34N2. The molecule has 0 aromatic carbocycles. The maximum Gasteiger partial charge on any atom is 0.00954 e. The Morgan fingerprint density at radius 3 is 2.05 bits per heavy atom. The minimum atomic E-state index is 0.553. The van der Waals surface area contributed by atoms with Gasteiger partial charge in [0.05, 0.1) is 0 Å². The van der Waals surface area contributed by atoms with Crippen LogP contribution in [0.15, 0.2) is 0 Å². The van der Waals surface area contributed by atoms with Crippen molar-refractivity contribution >= 4 is 0 Å². The molecule has 2 aliphatic rings. The maximum absolute atomic E-state index is 5.79. The number of nitrogens with zero attached hydrogens (tertiary/aromatic N) is 1. The van der Waals surface area contributed by atoms with Crippen molar-refractivity contribution in [3.8, 4) is 0 Å². The Hall–Kier alpha value is -0.0800. The molecule has 2 heteroatoms. The van der Waals surface area contributed by atoms with Gasteiger partial charge in [-0.1, -0.05) is 27.2 Å². The van der Waals surface area contributed by atoms with Gasteiger partial charge in [0.1, 0.15) is 0 Å². The van der Waals surface area contributed by atoms with Crippen LogP contribution < -0.4 is 5.73 Å². The highest BCUT2D eigenvalue weighted by molar-refractivity contribution is 4.87. The summed E-state index contributed by atoms with van der Waals surface area (Å²) >= 11 is 0. The molecule has 0 amide bonds. The molecule has 0 aromatic heterocycles. The van der Waals surface area contributed by atoms with Gasteiger partial charge in [0.25, 0.3) is 0 Å². The van der Waals surface area contributed by atoms with E-state index >= 15 is 0 Å². The molecule has 0 aromatic rings. The fraction of sp³-hybridized carbons (Fsp3) is 1.00. The largest absolute Gasteiger partial charge is 0.330 e. The van der Waals surface area contributed by atoms with Crippen molar-refractivity contribution in [2.45, 2.75) is 71.8 Å². The average molecular weight is 266 g/mol. The highest BCUT2D eigenvalue weighted by Crippen LogP contribution is 2.41. The van der Waals surface area contributed by atoms with Crippen molar-refractivity contribution in [2.75, 3.05) is 19.6 Å². The summed E-state index contributed by atoms with van der Waals surface area (Å²) in [6, 6.07) is 0.877. The van der Waals surface area contributed by atoms with Gasteiger partial charge >= 0.3 is 0 Å². The summed E-state index contributed by atoms with van der Waals surface area (Å²) in [5.74, 6) is 1.75. The summed E-state index contributed by atoms with van der Waals surface area (Å²) in [5.41, 5.74) is 6.34. The highest BCUT2D eigenvalue weighted by atomic mass is 15.2. The third-order valence-corrected chi connectivity index (χ3v) is 6.21. The fourth-order valence-corrected chi connectivity index (χ4v) is 4.06. The molecule has 0 unspecified atom stereocenters. The van der Waals surface area contributed by atoms with E-state index in [2.05, 4.69) is 25.7 Å². The molecule has 0 atom stereocenters. The number of hydrogen-bond acceptors (Lipinski definition) is 2. The van der Waals surface area contributed by atoms with E-state index < -0.39 is 0 Å². The van der Waals surface area contributed by atoms with Gasteiger partial charge in [-0.3, -0.25) is 0 Å². The normalized spacial score (nSPS) is 31.6. The Kier molecular flexibility index (Phi) is 5.30. The first-order chi connectivity index (χ1) is 9.06. The van der Waals surface area contributed by atoms with Gasteiger partial charge in [-0.05, 0) is 75.4 Å². The fourth-order valence-electron chi connectivity index (χ4n) is 4.06. The number of nitrogens with two attached hydrogens (primary N) is 1. The second kappa shape index (κ2) is 6.58. The van der Waals surface area contributed by atoms with E-state index in [-0.39, 0.29) is 0 Å². The van der Waals surface area contributed by atoms with E-state index in [1.54, 1.807) is 0 Å². The van der Waals surface area contributed by atoms with Gasteiger partial charge in [-0.15, -0.1) is 0 Å². The van der Waals surface area contributed by atoms with Crippen LogP contribution >= 0.6 is 0 Å². The van der Waals surface area contributed by atoms with Crippen LogP contribution in [-0.4, -0.2) is 30.6 Å². The van der Waals surface area contributed by atoms with Crippen LogP contribution in [0.4, 0.5) is 0 Å². The smallest absolute Gasteiger partial charge is 0.00954 e. The Morgan fingerprint density at radius 1 is 1.00 bits per heavy atom. The van der Waals surface area contributed by atoms with Crippen LogP contribution in [0, 0.1) is 17.3 Å². The van der Waals surface area contributed by atoms with Crippen molar-refractivity contribution in [1.82, 2.24) is 4.90 Å². The molecule has 2 rings (SSSR count). The standard InChI is InChI=1S/C17H34N2/c1-4-17(2,3)15-5-7-16(8-6-15)19-11-9-14(13-18)10-12-19/h14-16H,4-13,18H2,1-3H3. The monoisotopic (exact) mass is 266 g/mol. The first kappa shape index (κ1) is 15.3. The minimum absolute atomic E-state index is 0.553. The molecule has 2 nitrogen and oxygen atoms in total. The maximum atomic E-state index is 5.79. The Bertz CT molecular complexity index is 258. The van der Waals surface area contributed by atoms with E-state index in [4.69, 9.17) is 5.73 Å². The van der Waals surface area contributed by atoms with Crippen LogP contribution in [0.1, 0.15) is 65.7 Å². The van der Waals surface area contributed by atoms with Crippen molar-refractivity contribution in [1.29, 1.82) is 0 Å². The highest BCUT2D eigenvalue weighted by Gasteiger charge is 2.34. The Balaban J connectivity index is 1.78. The molecule has 1 aliphatic carbocycles. The van der Waals surface area contributed by atoms with E-state index in [9.17, 15) is 0 Å². The second-order valence-electron chi connectivity index (χ2n) is 7.56. The predicted molar refractivity (Wildman–Crippen MR) is 83.2 cm³/mol. The van der Waals surface area contributed by atoms with Crippen molar-refractivity contribution in [2.24, 2.45) is 23.0 Å². The van der Waals surface area contributed by atoms with E-state index in [0.29, 0.717) is 5.41 Å². The summed E-state index contributed by atoms with van der Waals surface area (Å²) < 4.78 is 0. The summed E-state index contributed by atoms with van der Waals surface area (Å²) in [5, 5.41) is 0. The van der Waals surface area contributed by atoms with E-state index in [1.807, 2.05) is 0 Å². The van der Waals surface area contributed by atoms with Gasteiger partial charge in [0.2, 0.25) is 0 Å². The number of piperidine rings is 1. The Labute approximate surface area is 120 Å². The summed E-state index contributed by atoms with van der Waals surface area (Å²) in [4.78, 5) is 2.77.